The molecule has 7 amide bonds. The van der Waals surface area contributed by atoms with E-state index in [0.29, 0.717) is 54.5 Å². The van der Waals surface area contributed by atoms with Crippen molar-refractivity contribution in [3.63, 3.8) is 0 Å². The molecule has 2 aromatic rings. The third-order valence-electron chi connectivity index (χ3n) is 15.3. The number of carbonyl (C=O) groups is 13. The van der Waals surface area contributed by atoms with Crippen molar-refractivity contribution in [2.24, 2.45) is 0 Å². The minimum absolute atomic E-state index is 0.00352. The van der Waals surface area contributed by atoms with Crippen LogP contribution in [0.3, 0.4) is 0 Å². The molecule has 2 atom stereocenters. The fraction of sp³-hybridized carbons (Fsp3) is 0.590. The van der Waals surface area contributed by atoms with Gasteiger partial charge in [-0.15, -0.1) is 0 Å². The number of urea groups is 1. The molecule has 96 heavy (non-hydrogen) atoms. The zero-order chi connectivity index (χ0) is 71.1. The summed E-state index contributed by atoms with van der Waals surface area (Å²) in [4.78, 5) is 165. The lowest BCUT2D eigenvalue weighted by Crippen LogP contribution is -2.51. The minimum Gasteiger partial charge on any atom is -0.508 e. The van der Waals surface area contributed by atoms with Gasteiger partial charge in [0.05, 0.1) is 32.7 Å². The van der Waals surface area contributed by atoms with Crippen LogP contribution < -0.4 is 31.9 Å². The number of amides is 7. The minimum atomic E-state index is -1.54. The van der Waals surface area contributed by atoms with Gasteiger partial charge >= 0.3 is 53.9 Å². The largest absolute Gasteiger partial charge is 0.508 e. The van der Waals surface area contributed by atoms with Crippen LogP contribution >= 0.6 is 0 Å². The molecular formula is C61H92N12O23. The second-order valence-electron chi connectivity index (χ2n) is 23.1. The summed E-state index contributed by atoms with van der Waals surface area (Å²) in [6.07, 6.45) is 0.961. The second kappa shape index (κ2) is 44.3. The van der Waals surface area contributed by atoms with Crippen LogP contribution in [0.5, 0.6) is 11.5 Å². The molecule has 534 valence electrons. The highest BCUT2D eigenvalue weighted by Gasteiger charge is 2.27. The Hall–Kier alpha value is -9.45. The molecule has 0 spiro atoms. The molecule has 16 N–H and O–H groups in total. The molecule has 3 rings (SSSR count). The van der Waals surface area contributed by atoms with Crippen LogP contribution in [-0.2, 0) is 78.7 Å². The van der Waals surface area contributed by atoms with Gasteiger partial charge in [0.1, 0.15) is 23.6 Å². The topological polar surface area (TPSA) is 516 Å². The predicted molar refractivity (Wildman–Crippen MR) is 339 cm³/mol. The van der Waals surface area contributed by atoms with E-state index in [9.17, 15) is 108 Å². The Morgan fingerprint density at radius 1 is 0.417 bits per heavy atom. The summed E-state index contributed by atoms with van der Waals surface area (Å²) >= 11 is 0. The smallest absolute Gasteiger partial charge is 0.407 e. The number of phenolic OH excluding ortho intramolecular Hbond substituents is 2. The van der Waals surface area contributed by atoms with Crippen molar-refractivity contribution < 1.29 is 113 Å². The normalized spacial score (nSPS) is 14.0. The number of aliphatic carboxylic acids is 7. The zero-order valence-corrected chi connectivity index (χ0v) is 53.6. The van der Waals surface area contributed by atoms with Crippen LogP contribution in [0, 0.1) is 0 Å². The molecule has 1 fully saturated rings. The maximum absolute atomic E-state index is 13.0. The highest BCUT2D eigenvalue weighted by Crippen LogP contribution is 2.24. The van der Waals surface area contributed by atoms with Gasteiger partial charge in [-0.3, -0.25) is 67.7 Å². The van der Waals surface area contributed by atoms with Crippen molar-refractivity contribution in [3.05, 3.63) is 58.7 Å². The molecule has 35 nitrogen and oxygen atoms in total. The molecule has 0 saturated carbocycles. The number of carbonyl (C=O) groups excluding carboxylic acids is 5. The van der Waals surface area contributed by atoms with Crippen molar-refractivity contribution in [2.45, 2.75) is 109 Å². The van der Waals surface area contributed by atoms with Gasteiger partial charge in [0.2, 0.25) is 23.6 Å². The summed E-state index contributed by atoms with van der Waals surface area (Å²) in [5.41, 5.74) is 1.99. The average molecular weight is 1360 g/mol. The Morgan fingerprint density at radius 2 is 0.823 bits per heavy atom. The number of rotatable bonds is 44. The van der Waals surface area contributed by atoms with Crippen molar-refractivity contribution in [1.82, 2.24) is 61.3 Å². The van der Waals surface area contributed by atoms with Gasteiger partial charge in [-0.1, -0.05) is 30.7 Å². The summed E-state index contributed by atoms with van der Waals surface area (Å²) in [6, 6.07) is 5.35. The van der Waals surface area contributed by atoms with Crippen molar-refractivity contribution in [3.8, 4) is 11.5 Å². The first kappa shape index (κ1) is 80.8. The first-order chi connectivity index (χ1) is 45.5. The number of nitrogens with one attached hydrogen (secondary N) is 6. The van der Waals surface area contributed by atoms with E-state index in [1.54, 1.807) is 34.1 Å². The first-order valence-corrected chi connectivity index (χ1v) is 31.4. The lowest BCUT2D eigenvalue weighted by atomic mass is 10.0. The van der Waals surface area contributed by atoms with Gasteiger partial charge in [-0.05, 0) is 74.6 Å². The number of benzene rings is 2. The van der Waals surface area contributed by atoms with Crippen LogP contribution in [0.15, 0.2) is 36.4 Å². The number of carboxylic acids is 7. The molecule has 1 aliphatic rings. The Bertz CT molecular complexity index is 2940. The van der Waals surface area contributed by atoms with Crippen molar-refractivity contribution >= 4 is 77.5 Å². The molecule has 0 aromatic heterocycles. The van der Waals surface area contributed by atoms with Crippen LogP contribution in [0.4, 0.5) is 9.59 Å². The van der Waals surface area contributed by atoms with E-state index in [0.717, 1.165) is 4.90 Å². The first-order valence-electron chi connectivity index (χ1n) is 31.4. The molecule has 1 aliphatic heterocycles. The molecule has 0 unspecified atom stereocenters. The number of unbranched alkanes of at least 4 members (excludes halogenated alkanes) is 3. The molecule has 1 heterocycles. The van der Waals surface area contributed by atoms with E-state index in [1.165, 1.54) is 26.8 Å². The Kier molecular flexibility index (Phi) is 37.2. The van der Waals surface area contributed by atoms with Gasteiger partial charge in [0.25, 0.3) is 0 Å². The third-order valence-corrected chi connectivity index (χ3v) is 15.3. The number of hydrogen-bond acceptors (Lipinski definition) is 20. The summed E-state index contributed by atoms with van der Waals surface area (Å²) in [6.45, 7) is -0.375. The summed E-state index contributed by atoms with van der Waals surface area (Å²) in [7, 11) is 0. The molecule has 35 heteroatoms. The molecule has 0 radical (unpaired) electrons. The van der Waals surface area contributed by atoms with Gasteiger partial charge in [-0.2, -0.15) is 0 Å². The second-order valence-corrected chi connectivity index (χ2v) is 23.1. The van der Waals surface area contributed by atoms with E-state index < -0.39 is 97.8 Å². The fourth-order valence-corrected chi connectivity index (χ4v) is 10.1. The van der Waals surface area contributed by atoms with Gasteiger partial charge in [-0.25, -0.2) is 19.2 Å². The summed E-state index contributed by atoms with van der Waals surface area (Å²) in [5.74, 6) is -10.3. The molecule has 1 saturated heterocycles. The molecule has 0 bridgehead atoms. The molecule has 2 aromatic carbocycles. The number of phenols is 2. The molecule has 0 aliphatic carbocycles. The molecular weight excluding hydrogens is 1270 g/mol. The number of aromatic hydroxyl groups is 2. The van der Waals surface area contributed by atoms with Crippen LogP contribution in [0.1, 0.15) is 92.9 Å². The van der Waals surface area contributed by atoms with E-state index in [-0.39, 0.29) is 192 Å². The standard InChI is InChI=1S/C61H92N12O23/c74-47-13-8-41(10-15-50(77)63-18-4-1-2-7-49(76)62-19-5-3-6-45(58(90)91)66-60(94)67-46(59(92)93)12-17-53(80)81)32-43(47)34-71(39-56(86)87)26-27-72(40-57(88)89)35-44-33-42(9-14-48(44)75)11-16-51(78)64-20-21-65-52(79)36-68-22-23-69(37-54(82)83)24-25-70(38-55(84)85)29-31-73(30-28-68)61(95)96/h8-9,13-14,32-33,45-46,74-75H,1-7,10-12,15-31,34-40H2,(H,62,76)(H,63,77)(H,64,78)(H,65,79)(H,80,81)(H,82,83)(H,84,85)(H,86,87)(H,88,89)(H,90,91)(H,92,93)(H,95,96)(H2,66,67,94)/t45-,46-/m0/s1. The number of aryl methyl sites for hydroxylation is 2. The fourth-order valence-electron chi connectivity index (χ4n) is 10.1. The van der Waals surface area contributed by atoms with E-state index >= 15 is 0 Å². The number of nitrogens with zero attached hydrogens (tertiary/aromatic N) is 6. The van der Waals surface area contributed by atoms with Gasteiger partial charge in [0.15, 0.2) is 0 Å². The van der Waals surface area contributed by atoms with Crippen molar-refractivity contribution in [2.75, 3.05) is 124 Å². The summed E-state index contributed by atoms with van der Waals surface area (Å²) in [5, 5.41) is 113. The van der Waals surface area contributed by atoms with Crippen LogP contribution in [0.2, 0.25) is 0 Å². The maximum Gasteiger partial charge on any atom is 0.407 e. The van der Waals surface area contributed by atoms with E-state index in [4.69, 9.17) is 5.11 Å². The maximum atomic E-state index is 13.0. The van der Waals surface area contributed by atoms with E-state index in [1.807, 2.05) is 0 Å². The van der Waals surface area contributed by atoms with E-state index in [2.05, 4.69) is 31.9 Å². The highest BCUT2D eigenvalue weighted by atomic mass is 16.4. The Balaban J connectivity index is 1.42. The highest BCUT2D eigenvalue weighted by molar-refractivity contribution is 5.86. The lowest BCUT2D eigenvalue weighted by Gasteiger charge is -2.32. The lowest BCUT2D eigenvalue weighted by molar-refractivity contribution is -0.141. The van der Waals surface area contributed by atoms with Crippen LogP contribution in [-0.4, -0.2) is 294 Å². The SMILES string of the molecule is O=C(O)CC[C@H](NC(=O)N[C@@H](CCCCNC(=O)CCCCCNC(=O)CCc1ccc(O)c(CN(CCN(CC(=O)O)Cc2cc(CCC(=O)NCCNC(=O)CN3CCN(CC(=O)O)CCN(CC(=O)O)CCN(C(=O)O)CC3)ccc2O)CC(=O)O)c1)C(=O)O)C(=O)O. The average Bonchev–Trinajstić information content (AvgIpc) is 0.924. The monoisotopic (exact) mass is 1360 g/mol. The number of hydrogen-bond donors (Lipinski definition) is 16. The van der Waals surface area contributed by atoms with Gasteiger partial charge < -0.3 is 87.9 Å². The van der Waals surface area contributed by atoms with Gasteiger partial charge in [0, 0.05) is 142 Å². The third kappa shape index (κ3) is 35.7. The zero-order valence-electron chi connectivity index (χ0n) is 53.6. The van der Waals surface area contributed by atoms with Crippen molar-refractivity contribution in [1.29, 1.82) is 0 Å². The van der Waals surface area contributed by atoms with Crippen LogP contribution in [0.25, 0.3) is 0 Å². The predicted octanol–water partition coefficient (Wildman–Crippen LogP) is -1.23. The quantitative estimate of drug-likeness (QED) is 0.0346. The Labute approximate surface area is 553 Å². The Morgan fingerprint density at radius 3 is 1.25 bits per heavy atom. The summed E-state index contributed by atoms with van der Waals surface area (Å²) < 4.78 is 0. The number of carboxylic acid groups (broad SMARTS) is 8.